The molecule has 1 rings (SSSR count). The summed E-state index contributed by atoms with van der Waals surface area (Å²) in [6.07, 6.45) is 0.0112. The third-order valence-electron chi connectivity index (χ3n) is 3.46. The van der Waals surface area contributed by atoms with Crippen LogP contribution in [0, 0.1) is 5.92 Å². The third-order valence-corrected chi connectivity index (χ3v) is 3.46. The smallest absolute Gasteiger partial charge is 0.115 e. The van der Waals surface area contributed by atoms with Gasteiger partial charge in [-0.1, -0.05) is 20.8 Å². The van der Waals surface area contributed by atoms with Crippen molar-refractivity contribution in [3.63, 3.8) is 0 Å². The number of rotatable bonds is 3. The van der Waals surface area contributed by atoms with E-state index in [1.807, 2.05) is 6.92 Å². The van der Waals surface area contributed by atoms with Gasteiger partial charge in [-0.05, 0) is 19.3 Å². The Morgan fingerprint density at radius 2 is 2.07 bits per heavy atom. The van der Waals surface area contributed by atoms with Gasteiger partial charge in [-0.25, -0.2) is 0 Å². The predicted octanol–water partition coefficient (Wildman–Crippen LogP) is 1.59. The quantitative estimate of drug-likeness (QED) is 0.755. The van der Waals surface area contributed by atoms with Crippen LogP contribution in [0.25, 0.3) is 0 Å². The Morgan fingerprint density at radius 1 is 1.50 bits per heavy atom. The monoisotopic (exact) mass is 202 g/mol. The molecule has 0 aromatic rings. The summed E-state index contributed by atoms with van der Waals surface area (Å²) < 4.78 is 11.3. The van der Waals surface area contributed by atoms with Crippen LogP contribution in [-0.4, -0.2) is 36.1 Å². The molecule has 0 aliphatic carbocycles. The fraction of sp³-hybridized carbons (Fsp3) is 1.00. The van der Waals surface area contributed by atoms with Crippen LogP contribution in [0.3, 0.4) is 0 Å². The topological polar surface area (TPSA) is 38.7 Å². The summed E-state index contributed by atoms with van der Waals surface area (Å²) in [4.78, 5) is 0. The molecule has 4 atom stereocenters. The molecule has 14 heavy (non-hydrogen) atoms. The first-order valence-electron chi connectivity index (χ1n) is 5.38. The number of hydrogen-bond donors (Lipinski definition) is 1. The van der Waals surface area contributed by atoms with Crippen LogP contribution in [0.4, 0.5) is 0 Å². The van der Waals surface area contributed by atoms with Gasteiger partial charge in [0.25, 0.3) is 0 Å². The zero-order valence-electron chi connectivity index (χ0n) is 9.78. The molecule has 3 nitrogen and oxygen atoms in total. The van der Waals surface area contributed by atoms with E-state index in [9.17, 15) is 5.11 Å². The van der Waals surface area contributed by atoms with Gasteiger partial charge in [0.05, 0.1) is 11.7 Å². The van der Waals surface area contributed by atoms with Crippen molar-refractivity contribution < 1.29 is 14.6 Å². The van der Waals surface area contributed by atoms with Crippen LogP contribution in [0.15, 0.2) is 0 Å². The van der Waals surface area contributed by atoms with Crippen molar-refractivity contribution in [3.8, 4) is 0 Å². The number of aliphatic hydroxyl groups is 1. The summed E-state index contributed by atoms with van der Waals surface area (Å²) in [6.45, 7) is 8.20. The molecular formula is C11H22O3. The SMILES string of the molecule is CC[C@@]1(C(C)C)O[C@@H](C)[C@H](O)[C@@H]1OC. The van der Waals surface area contributed by atoms with Crippen LogP contribution in [0.1, 0.15) is 34.1 Å². The summed E-state index contributed by atoms with van der Waals surface area (Å²) in [5.74, 6) is 0.344. The molecule has 0 radical (unpaired) electrons. The van der Waals surface area contributed by atoms with Crippen molar-refractivity contribution in [2.24, 2.45) is 5.92 Å². The van der Waals surface area contributed by atoms with Crippen molar-refractivity contribution in [2.45, 2.75) is 58.0 Å². The number of aliphatic hydroxyl groups excluding tert-OH is 1. The molecular weight excluding hydrogens is 180 g/mol. The minimum absolute atomic E-state index is 0.137. The highest BCUT2D eigenvalue weighted by atomic mass is 16.6. The molecule has 0 amide bonds. The molecule has 1 saturated heterocycles. The van der Waals surface area contributed by atoms with Gasteiger partial charge >= 0.3 is 0 Å². The predicted molar refractivity (Wildman–Crippen MR) is 55.2 cm³/mol. The molecule has 0 spiro atoms. The lowest BCUT2D eigenvalue weighted by molar-refractivity contribution is -0.121. The van der Waals surface area contributed by atoms with Crippen molar-refractivity contribution in [1.29, 1.82) is 0 Å². The molecule has 1 N–H and O–H groups in total. The van der Waals surface area contributed by atoms with E-state index < -0.39 is 6.10 Å². The maximum Gasteiger partial charge on any atom is 0.115 e. The Bertz CT molecular complexity index is 193. The highest BCUT2D eigenvalue weighted by Crippen LogP contribution is 2.40. The van der Waals surface area contributed by atoms with Crippen LogP contribution in [-0.2, 0) is 9.47 Å². The summed E-state index contributed by atoms with van der Waals surface area (Å²) >= 11 is 0. The first kappa shape index (κ1) is 12.0. The second-order valence-electron chi connectivity index (χ2n) is 4.43. The van der Waals surface area contributed by atoms with Gasteiger partial charge in [0.1, 0.15) is 12.2 Å². The van der Waals surface area contributed by atoms with Crippen molar-refractivity contribution >= 4 is 0 Å². The molecule has 3 heteroatoms. The summed E-state index contributed by atoms with van der Waals surface area (Å²) in [6, 6.07) is 0. The molecule has 0 bridgehead atoms. The van der Waals surface area contributed by atoms with Gasteiger partial charge in [-0.15, -0.1) is 0 Å². The molecule has 0 saturated carbocycles. The van der Waals surface area contributed by atoms with Crippen LogP contribution in [0.5, 0.6) is 0 Å². The largest absolute Gasteiger partial charge is 0.388 e. The Balaban J connectivity index is 2.95. The Labute approximate surface area is 86.4 Å². The number of ether oxygens (including phenoxy) is 2. The molecule has 1 fully saturated rings. The zero-order valence-corrected chi connectivity index (χ0v) is 9.78. The van der Waals surface area contributed by atoms with E-state index in [-0.39, 0.29) is 17.8 Å². The number of hydrogen-bond acceptors (Lipinski definition) is 3. The second-order valence-corrected chi connectivity index (χ2v) is 4.43. The first-order valence-corrected chi connectivity index (χ1v) is 5.38. The van der Waals surface area contributed by atoms with Crippen molar-refractivity contribution in [3.05, 3.63) is 0 Å². The van der Waals surface area contributed by atoms with Gasteiger partial charge in [0.2, 0.25) is 0 Å². The van der Waals surface area contributed by atoms with E-state index in [0.717, 1.165) is 6.42 Å². The summed E-state index contributed by atoms with van der Waals surface area (Å²) in [5.41, 5.74) is -0.326. The standard InChI is InChI=1S/C11H22O3/c1-6-11(7(2)3)10(13-5)9(12)8(4)14-11/h7-10,12H,6H2,1-5H3/t8-,9-,10-,11-/m0/s1. The zero-order chi connectivity index (χ0) is 10.9. The fourth-order valence-corrected chi connectivity index (χ4v) is 2.51. The summed E-state index contributed by atoms with van der Waals surface area (Å²) in [7, 11) is 1.64. The highest BCUT2D eigenvalue weighted by molar-refractivity contribution is 5.02. The molecule has 0 aromatic heterocycles. The van der Waals surface area contributed by atoms with E-state index in [2.05, 4.69) is 20.8 Å². The molecule has 84 valence electrons. The van der Waals surface area contributed by atoms with E-state index >= 15 is 0 Å². The van der Waals surface area contributed by atoms with Gasteiger partial charge < -0.3 is 14.6 Å². The molecule has 0 unspecified atom stereocenters. The second kappa shape index (κ2) is 4.17. The van der Waals surface area contributed by atoms with E-state index in [1.54, 1.807) is 7.11 Å². The Hall–Kier alpha value is -0.120. The van der Waals surface area contributed by atoms with Crippen molar-refractivity contribution in [2.75, 3.05) is 7.11 Å². The Morgan fingerprint density at radius 3 is 2.36 bits per heavy atom. The van der Waals surface area contributed by atoms with E-state index in [0.29, 0.717) is 5.92 Å². The van der Waals surface area contributed by atoms with E-state index in [4.69, 9.17) is 9.47 Å². The average Bonchev–Trinajstić information content (AvgIpc) is 2.40. The molecule has 1 heterocycles. The minimum Gasteiger partial charge on any atom is -0.388 e. The van der Waals surface area contributed by atoms with Crippen LogP contribution in [0.2, 0.25) is 0 Å². The van der Waals surface area contributed by atoms with Gasteiger partial charge in [0, 0.05) is 7.11 Å². The normalized spacial score (nSPS) is 43.5. The first-order chi connectivity index (χ1) is 6.49. The lowest BCUT2D eigenvalue weighted by Crippen LogP contribution is -2.48. The third kappa shape index (κ3) is 1.58. The molecule has 0 aromatic carbocycles. The van der Waals surface area contributed by atoms with Gasteiger partial charge in [-0.2, -0.15) is 0 Å². The lowest BCUT2D eigenvalue weighted by atomic mass is 9.82. The lowest BCUT2D eigenvalue weighted by Gasteiger charge is -2.36. The number of methoxy groups -OCH3 is 1. The highest BCUT2D eigenvalue weighted by Gasteiger charge is 2.54. The van der Waals surface area contributed by atoms with E-state index in [1.165, 1.54) is 0 Å². The Kier molecular flexibility index (Phi) is 3.56. The molecule has 1 aliphatic heterocycles. The maximum absolute atomic E-state index is 9.92. The maximum atomic E-state index is 9.92. The van der Waals surface area contributed by atoms with Crippen LogP contribution >= 0.6 is 0 Å². The minimum atomic E-state index is -0.512. The van der Waals surface area contributed by atoms with Gasteiger partial charge in [0.15, 0.2) is 0 Å². The summed E-state index contributed by atoms with van der Waals surface area (Å²) in [5, 5.41) is 9.92. The van der Waals surface area contributed by atoms with Gasteiger partial charge in [-0.3, -0.25) is 0 Å². The average molecular weight is 202 g/mol. The van der Waals surface area contributed by atoms with Crippen molar-refractivity contribution in [1.82, 2.24) is 0 Å². The molecule has 1 aliphatic rings. The fourth-order valence-electron chi connectivity index (χ4n) is 2.51. The van der Waals surface area contributed by atoms with Crippen LogP contribution < -0.4 is 0 Å².